The van der Waals surface area contributed by atoms with Gasteiger partial charge in [0, 0.05) is 6.42 Å². The molecule has 4 nitrogen and oxygen atoms in total. The molecule has 1 rings (SSSR count). The summed E-state index contributed by atoms with van der Waals surface area (Å²) in [5.74, 6) is -0.100. The van der Waals surface area contributed by atoms with Gasteiger partial charge >= 0.3 is 0 Å². The van der Waals surface area contributed by atoms with Gasteiger partial charge in [0.1, 0.15) is 6.10 Å². The van der Waals surface area contributed by atoms with Crippen LogP contribution in [-0.4, -0.2) is 28.8 Å². The number of hydrogen-bond donors (Lipinski definition) is 3. The van der Waals surface area contributed by atoms with Gasteiger partial charge in [-0.2, -0.15) is 0 Å². The number of unbranched alkanes of at least 4 members (excludes halogenated alkanes) is 8. The van der Waals surface area contributed by atoms with E-state index in [1.165, 1.54) is 44.9 Å². The number of aliphatic hydroxyl groups excluding tert-OH is 2. The van der Waals surface area contributed by atoms with Crippen LogP contribution in [0.3, 0.4) is 0 Å². The summed E-state index contributed by atoms with van der Waals surface area (Å²) >= 11 is 0. The maximum atomic E-state index is 12.0. The van der Waals surface area contributed by atoms with Crippen molar-refractivity contribution in [2.45, 2.75) is 83.3 Å². The summed E-state index contributed by atoms with van der Waals surface area (Å²) in [7, 11) is 0. The van der Waals surface area contributed by atoms with Crippen LogP contribution in [0.4, 0.5) is 0 Å². The maximum absolute atomic E-state index is 12.0. The zero-order chi connectivity index (χ0) is 18.3. The summed E-state index contributed by atoms with van der Waals surface area (Å²) in [4.78, 5) is 12.0. The van der Waals surface area contributed by atoms with Gasteiger partial charge in [0.2, 0.25) is 5.91 Å². The monoisotopic (exact) mass is 349 g/mol. The fraction of sp³-hybridized carbons (Fsp3) is 0.667. The summed E-state index contributed by atoms with van der Waals surface area (Å²) in [6.45, 7) is 1.95. The number of benzene rings is 1. The number of carbonyl (C=O) groups excluding carboxylic acids is 1. The zero-order valence-electron chi connectivity index (χ0n) is 15.6. The second kappa shape index (κ2) is 13.9. The molecule has 0 saturated carbocycles. The fourth-order valence-corrected chi connectivity index (χ4v) is 2.98. The second-order valence-corrected chi connectivity index (χ2v) is 6.79. The lowest BCUT2D eigenvalue weighted by Crippen LogP contribution is -2.41. The molecule has 2 atom stereocenters. The lowest BCUT2D eigenvalue weighted by atomic mass is 10.0. The number of carbonyl (C=O) groups is 1. The van der Waals surface area contributed by atoms with Crippen LogP contribution in [0.1, 0.15) is 82.8 Å². The third-order valence-electron chi connectivity index (χ3n) is 4.57. The quantitative estimate of drug-likeness (QED) is 0.443. The van der Waals surface area contributed by atoms with Crippen LogP contribution in [0.5, 0.6) is 0 Å². The van der Waals surface area contributed by atoms with Gasteiger partial charge in [0.15, 0.2) is 0 Å². The molecule has 0 radical (unpaired) electrons. The Balaban J connectivity index is 2.15. The predicted molar refractivity (Wildman–Crippen MR) is 102 cm³/mol. The van der Waals surface area contributed by atoms with Crippen LogP contribution in [0.2, 0.25) is 0 Å². The normalized spacial score (nSPS) is 13.4. The largest absolute Gasteiger partial charge is 0.394 e. The standard InChI is InChI=1S/C21H35NO3/c1-2-3-4-5-6-7-8-9-13-16-20(24)22-19(17-23)21(25)18-14-11-10-12-15-18/h10-12,14-15,19,21,23,25H,2-9,13,16-17H2,1H3,(H,22,24). The Bertz CT molecular complexity index is 450. The van der Waals surface area contributed by atoms with Crippen molar-refractivity contribution in [3.8, 4) is 0 Å². The van der Waals surface area contributed by atoms with E-state index in [9.17, 15) is 15.0 Å². The Labute approximate surface area is 152 Å². The topological polar surface area (TPSA) is 69.6 Å². The Hall–Kier alpha value is -1.39. The lowest BCUT2D eigenvalue weighted by molar-refractivity contribution is -0.123. The van der Waals surface area contributed by atoms with Crippen molar-refractivity contribution in [3.05, 3.63) is 35.9 Å². The average molecular weight is 350 g/mol. The van der Waals surface area contributed by atoms with Crippen LogP contribution in [0, 0.1) is 0 Å². The SMILES string of the molecule is CCCCCCCCCCCC(=O)NC(CO)C(O)c1ccccc1. The highest BCUT2D eigenvalue weighted by atomic mass is 16.3. The van der Waals surface area contributed by atoms with Crippen LogP contribution in [0.15, 0.2) is 30.3 Å². The molecule has 1 amide bonds. The van der Waals surface area contributed by atoms with Gasteiger partial charge < -0.3 is 15.5 Å². The molecule has 25 heavy (non-hydrogen) atoms. The Morgan fingerprint density at radius 3 is 2.08 bits per heavy atom. The van der Waals surface area contributed by atoms with Gasteiger partial charge in [-0.15, -0.1) is 0 Å². The van der Waals surface area contributed by atoms with E-state index in [2.05, 4.69) is 12.2 Å². The zero-order valence-corrected chi connectivity index (χ0v) is 15.6. The van der Waals surface area contributed by atoms with Gasteiger partial charge in [-0.3, -0.25) is 4.79 Å². The molecule has 0 aliphatic heterocycles. The second-order valence-electron chi connectivity index (χ2n) is 6.79. The van der Waals surface area contributed by atoms with Crippen molar-refractivity contribution in [1.82, 2.24) is 5.32 Å². The van der Waals surface area contributed by atoms with E-state index in [1.807, 2.05) is 18.2 Å². The summed E-state index contributed by atoms with van der Waals surface area (Å²) in [5.41, 5.74) is 0.699. The van der Waals surface area contributed by atoms with Crippen molar-refractivity contribution in [3.63, 3.8) is 0 Å². The molecule has 0 heterocycles. The van der Waals surface area contributed by atoms with Crippen molar-refractivity contribution in [2.75, 3.05) is 6.61 Å². The molecule has 1 aromatic carbocycles. The van der Waals surface area contributed by atoms with Gasteiger partial charge in [-0.1, -0.05) is 88.6 Å². The molecule has 0 aromatic heterocycles. The Morgan fingerprint density at radius 1 is 0.960 bits per heavy atom. The first kappa shape index (κ1) is 21.7. The van der Waals surface area contributed by atoms with E-state index in [4.69, 9.17) is 0 Å². The molecule has 0 spiro atoms. The molecule has 2 unspecified atom stereocenters. The van der Waals surface area contributed by atoms with Gasteiger partial charge in [-0.25, -0.2) is 0 Å². The molecule has 3 N–H and O–H groups in total. The Kier molecular flexibility index (Phi) is 12.0. The third kappa shape index (κ3) is 9.61. The molecule has 0 aliphatic carbocycles. The lowest BCUT2D eigenvalue weighted by Gasteiger charge is -2.22. The summed E-state index contributed by atoms with van der Waals surface area (Å²) in [5, 5.41) is 22.5. The van der Waals surface area contributed by atoms with E-state index >= 15 is 0 Å². The van der Waals surface area contributed by atoms with E-state index in [-0.39, 0.29) is 12.5 Å². The van der Waals surface area contributed by atoms with E-state index in [1.54, 1.807) is 12.1 Å². The number of hydrogen-bond acceptors (Lipinski definition) is 3. The highest BCUT2D eigenvalue weighted by Gasteiger charge is 2.21. The van der Waals surface area contributed by atoms with Crippen LogP contribution < -0.4 is 5.32 Å². The molecule has 1 aromatic rings. The van der Waals surface area contributed by atoms with Crippen molar-refractivity contribution >= 4 is 5.91 Å². The predicted octanol–water partition coefficient (Wildman–Crippen LogP) is 4.12. The molecule has 4 heteroatoms. The molecule has 0 bridgehead atoms. The number of nitrogens with one attached hydrogen (secondary N) is 1. The van der Waals surface area contributed by atoms with E-state index in [0.717, 1.165) is 12.8 Å². The molecular formula is C21H35NO3. The molecule has 142 valence electrons. The minimum Gasteiger partial charge on any atom is -0.394 e. The van der Waals surface area contributed by atoms with Crippen LogP contribution >= 0.6 is 0 Å². The molecule has 0 fully saturated rings. The van der Waals surface area contributed by atoms with Gasteiger partial charge in [-0.05, 0) is 12.0 Å². The third-order valence-corrected chi connectivity index (χ3v) is 4.57. The van der Waals surface area contributed by atoms with E-state index in [0.29, 0.717) is 12.0 Å². The highest BCUT2D eigenvalue weighted by molar-refractivity contribution is 5.76. The molecular weight excluding hydrogens is 314 g/mol. The summed E-state index contributed by atoms with van der Waals surface area (Å²) in [6.07, 6.45) is 10.5. The first-order valence-corrected chi connectivity index (χ1v) is 9.82. The van der Waals surface area contributed by atoms with Crippen molar-refractivity contribution < 1.29 is 15.0 Å². The summed E-state index contributed by atoms with van der Waals surface area (Å²) in [6, 6.07) is 8.45. The van der Waals surface area contributed by atoms with Crippen molar-refractivity contribution in [1.29, 1.82) is 0 Å². The smallest absolute Gasteiger partial charge is 0.220 e. The number of aliphatic hydroxyl groups is 2. The minimum absolute atomic E-state index is 0.100. The van der Waals surface area contributed by atoms with E-state index < -0.39 is 12.1 Å². The highest BCUT2D eigenvalue weighted by Crippen LogP contribution is 2.16. The van der Waals surface area contributed by atoms with Crippen LogP contribution in [0.25, 0.3) is 0 Å². The van der Waals surface area contributed by atoms with Crippen molar-refractivity contribution in [2.24, 2.45) is 0 Å². The maximum Gasteiger partial charge on any atom is 0.220 e. The minimum atomic E-state index is -0.890. The Morgan fingerprint density at radius 2 is 1.52 bits per heavy atom. The molecule has 0 saturated heterocycles. The number of amides is 1. The van der Waals surface area contributed by atoms with Crippen LogP contribution in [-0.2, 0) is 4.79 Å². The first-order chi connectivity index (χ1) is 12.2. The first-order valence-electron chi connectivity index (χ1n) is 9.82. The average Bonchev–Trinajstić information content (AvgIpc) is 2.65. The fourth-order valence-electron chi connectivity index (χ4n) is 2.98. The molecule has 0 aliphatic rings. The van der Waals surface area contributed by atoms with Gasteiger partial charge in [0.25, 0.3) is 0 Å². The number of rotatable bonds is 14. The summed E-state index contributed by atoms with van der Waals surface area (Å²) < 4.78 is 0. The van der Waals surface area contributed by atoms with Gasteiger partial charge in [0.05, 0.1) is 12.6 Å².